The lowest BCUT2D eigenvalue weighted by Crippen LogP contribution is -2.15. The van der Waals surface area contributed by atoms with Crippen molar-refractivity contribution in [1.82, 2.24) is 14.8 Å². The SMILES string of the molecule is CCn1c(SCC(=O)Nc2cc(C)cc(C)c2)nnc1-c1cc(Cl)ccc1OC. The second-order valence-electron chi connectivity index (χ2n) is 6.61. The third kappa shape index (κ3) is 5.10. The average Bonchev–Trinajstić information content (AvgIpc) is 3.08. The molecule has 0 saturated heterocycles. The number of rotatable bonds is 7. The van der Waals surface area contributed by atoms with Crippen LogP contribution in [0.15, 0.2) is 41.6 Å². The van der Waals surface area contributed by atoms with Gasteiger partial charge in [-0.15, -0.1) is 10.2 Å². The van der Waals surface area contributed by atoms with Gasteiger partial charge in [-0.25, -0.2) is 0 Å². The van der Waals surface area contributed by atoms with Gasteiger partial charge in [-0.2, -0.15) is 0 Å². The van der Waals surface area contributed by atoms with Crippen molar-refractivity contribution >= 4 is 35.0 Å². The molecule has 3 rings (SSSR count). The molecule has 2 aromatic carbocycles. The Hall–Kier alpha value is -2.51. The highest BCUT2D eigenvalue weighted by atomic mass is 35.5. The molecule has 1 aromatic heterocycles. The summed E-state index contributed by atoms with van der Waals surface area (Å²) in [6, 6.07) is 11.3. The van der Waals surface area contributed by atoms with Crippen LogP contribution in [-0.2, 0) is 11.3 Å². The zero-order chi connectivity index (χ0) is 21.0. The lowest BCUT2D eigenvalue weighted by Gasteiger charge is -2.11. The maximum Gasteiger partial charge on any atom is 0.234 e. The third-order valence-electron chi connectivity index (χ3n) is 4.27. The Morgan fingerprint density at radius 1 is 1.17 bits per heavy atom. The van der Waals surface area contributed by atoms with Gasteiger partial charge in [-0.05, 0) is 62.2 Å². The molecular weight excluding hydrogens is 408 g/mol. The number of anilines is 1. The molecule has 0 bridgehead atoms. The molecule has 1 N–H and O–H groups in total. The topological polar surface area (TPSA) is 69.0 Å². The van der Waals surface area contributed by atoms with Gasteiger partial charge >= 0.3 is 0 Å². The molecule has 0 aliphatic rings. The minimum atomic E-state index is -0.0902. The van der Waals surface area contributed by atoms with Gasteiger partial charge in [0, 0.05) is 17.3 Å². The number of aromatic nitrogens is 3. The molecular formula is C21H23ClN4O2S. The maximum absolute atomic E-state index is 12.4. The molecule has 29 heavy (non-hydrogen) atoms. The summed E-state index contributed by atoms with van der Waals surface area (Å²) >= 11 is 7.50. The average molecular weight is 431 g/mol. The van der Waals surface area contributed by atoms with Gasteiger partial charge in [-0.1, -0.05) is 29.4 Å². The van der Waals surface area contributed by atoms with E-state index in [4.69, 9.17) is 16.3 Å². The van der Waals surface area contributed by atoms with E-state index in [0.717, 1.165) is 22.4 Å². The summed E-state index contributed by atoms with van der Waals surface area (Å²) < 4.78 is 7.38. The van der Waals surface area contributed by atoms with E-state index in [-0.39, 0.29) is 11.7 Å². The number of nitrogens with one attached hydrogen (secondary N) is 1. The number of carbonyl (C=O) groups excluding carboxylic acids is 1. The van der Waals surface area contributed by atoms with Crippen molar-refractivity contribution in [2.75, 3.05) is 18.2 Å². The van der Waals surface area contributed by atoms with Crippen molar-refractivity contribution in [3.8, 4) is 17.1 Å². The molecule has 0 atom stereocenters. The van der Waals surface area contributed by atoms with E-state index in [1.54, 1.807) is 25.3 Å². The first-order valence-corrected chi connectivity index (χ1v) is 10.6. The minimum Gasteiger partial charge on any atom is -0.496 e. The number of benzene rings is 2. The zero-order valence-electron chi connectivity index (χ0n) is 16.8. The van der Waals surface area contributed by atoms with Gasteiger partial charge < -0.3 is 14.6 Å². The number of thioether (sulfide) groups is 1. The van der Waals surface area contributed by atoms with Gasteiger partial charge in [0.15, 0.2) is 11.0 Å². The smallest absolute Gasteiger partial charge is 0.234 e. The molecule has 0 spiro atoms. The molecule has 1 heterocycles. The number of halogens is 1. The number of methoxy groups -OCH3 is 1. The largest absolute Gasteiger partial charge is 0.496 e. The van der Waals surface area contributed by atoms with E-state index in [1.165, 1.54) is 11.8 Å². The van der Waals surface area contributed by atoms with Gasteiger partial charge in [0.1, 0.15) is 5.75 Å². The Morgan fingerprint density at radius 3 is 2.55 bits per heavy atom. The van der Waals surface area contributed by atoms with Crippen LogP contribution in [0.4, 0.5) is 5.69 Å². The Labute approximate surface area is 179 Å². The summed E-state index contributed by atoms with van der Waals surface area (Å²) in [7, 11) is 1.60. The molecule has 0 aliphatic heterocycles. The summed E-state index contributed by atoms with van der Waals surface area (Å²) in [4.78, 5) is 12.4. The standard InChI is InChI=1S/C21H23ClN4O2S/c1-5-26-20(17-11-15(22)6-7-18(17)28-4)24-25-21(26)29-12-19(27)23-16-9-13(2)8-14(3)10-16/h6-11H,5,12H2,1-4H3,(H,23,27). The van der Waals surface area contributed by atoms with Crippen molar-refractivity contribution in [3.05, 3.63) is 52.5 Å². The van der Waals surface area contributed by atoms with Crippen LogP contribution in [0, 0.1) is 13.8 Å². The fourth-order valence-electron chi connectivity index (χ4n) is 3.11. The van der Waals surface area contributed by atoms with E-state index >= 15 is 0 Å². The second-order valence-corrected chi connectivity index (χ2v) is 7.99. The van der Waals surface area contributed by atoms with Gasteiger partial charge in [0.05, 0.1) is 18.4 Å². The quantitative estimate of drug-likeness (QED) is 0.535. The first kappa shape index (κ1) is 21.2. The van der Waals surface area contributed by atoms with Crippen LogP contribution in [0.2, 0.25) is 5.02 Å². The van der Waals surface area contributed by atoms with Crippen molar-refractivity contribution < 1.29 is 9.53 Å². The molecule has 0 fully saturated rings. The number of hydrogen-bond donors (Lipinski definition) is 1. The minimum absolute atomic E-state index is 0.0902. The van der Waals surface area contributed by atoms with Gasteiger partial charge in [0.2, 0.25) is 5.91 Å². The van der Waals surface area contributed by atoms with Crippen LogP contribution in [0.1, 0.15) is 18.1 Å². The zero-order valence-corrected chi connectivity index (χ0v) is 18.4. The summed E-state index contributed by atoms with van der Waals surface area (Å²) in [5.74, 6) is 1.47. The van der Waals surface area contributed by atoms with E-state index in [9.17, 15) is 4.79 Å². The number of aryl methyl sites for hydroxylation is 2. The molecule has 1 amide bonds. The molecule has 0 radical (unpaired) electrons. The summed E-state index contributed by atoms with van der Waals surface area (Å²) in [6.07, 6.45) is 0. The van der Waals surface area contributed by atoms with Crippen LogP contribution >= 0.6 is 23.4 Å². The monoisotopic (exact) mass is 430 g/mol. The van der Waals surface area contributed by atoms with Crippen molar-refractivity contribution in [2.24, 2.45) is 0 Å². The summed E-state index contributed by atoms with van der Waals surface area (Å²) in [5, 5.41) is 12.8. The van der Waals surface area contributed by atoms with Crippen LogP contribution < -0.4 is 10.1 Å². The van der Waals surface area contributed by atoms with Crippen molar-refractivity contribution in [1.29, 1.82) is 0 Å². The first-order chi connectivity index (χ1) is 13.9. The fraction of sp³-hybridized carbons (Fsp3) is 0.286. The highest BCUT2D eigenvalue weighted by molar-refractivity contribution is 7.99. The molecule has 0 saturated carbocycles. The van der Waals surface area contributed by atoms with Crippen molar-refractivity contribution in [3.63, 3.8) is 0 Å². The predicted octanol–water partition coefficient (Wildman–Crippen LogP) is 4.97. The highest BCUT2D eigenvalue weighted by Crippen LogP contribution is 2.33. The normalized spacial score (nSPS) is 10.8. The molecule has 0 aliphatic carbocycles. The highest BCUT2D eigenvalue weighted by Gasteiger charge is 2.18. The number of nitrogens with zero attached hydrogens (tertiary/aromatic N) is 3. The van der Waals surface area contributed by atoms with Crippen molar-refractivity contribution in [2.45, 2.75) is 32.5 Å². The molecule has 8 heteroatoms. The number of ether oxygens (including phenoxy) is 1. The maximum atomic E-state index is 12.4. The summed E-state index contributed by atoms with van der Waals surface area (Å²) in [6.45, 7) is 6.67. The van der Waals surface area contributed by atoms with Gasteiger partial charge in [-0.3, -0.25) is 4.79 Å². The lowest BCUT2D eigenvalue weighted by atomic mass is 10.1. The number of carbonyl (C=O) groups is 1. The van der Waals surface area contributed by atoms with Crippen LogP contribution in [0.5, 0.6) is 5.75 Å². The fourth-order valence-corrected chi connectivity index (χ4v) is 4.08. The Balaban J connectivity index is 1.76. The van der Waals surface area contributed by atoms with E-state index < -0.39 is 0 Å². The Morgan fingerprint density at radius 2 is 1.90 bits per heavy atom. The van der Waals surface area contributed by atoms with E-state index in [1.807, 2.05) is 37.5 Å². The second kappa shape index (κ2) is 9.33. The molecule has 0 unspecified atom stereocenters. The number of hydrogen-bond acceptors (Lipinski definition) is 5. The van der Waals surface area contributed by atoms with Crippen LogP contribution in [0.25, 0.3) is 11.4 Å². The molecule has 152 valence electrons. The van der Waals surface area contributed by atoms with Crippen LogP contribution in [-0.4, -0.2) is 33.5 Å². The Bertz CT molecular complexity index is 1020. The van der Waals surface area contributed by atoms with Crippen LogP contribution in [0.3, 0.4) is 0 Å². The number of amides is 1. The van der Waals surface area contributed by atoms with Gasteiger partial charge in [0.25, 0.3) is 0 Å². The van der Waals surface area contributed by atoms with E-state index in [0.29, 0.717) is 28.3 Å². The summed E-state index contributed by atoms with van der Waals surface area (Å²) in [5.41, 5.74) is 3.79. The third-order valence-corrected chi connectivity index (χ3v) is 5.48. The first-order valence-electron chi connectivity index (χ1n) is 9.19. The molecule has 6 nitrogen and oxygen atoms in total. The lowest BCUT2D eigenvalue weighted by molar-refractivity contribution is -0.113. The molecule has 3 aromatic rings. The Kier molecular flexibility index (Phi) is 6.82. The predicted molar refractivity (Wildman–Crippen MR) is 118 cm³/mol. The van der Waals surface area contributed by atoms with E-state index in [2.05, 4.69) is 21.6 Å².